The number of nitrogens with zero attached hydrogens (tertiary/aromatic N) is 3. The zero-order valence-electron chi connectivity index (χ0n) is 19.3. The molecule has 0 atom stereocenters. The average Bonchev–Trinajstić information content (AvgIpc) is 3.13. The fraction of sp³-hybridized carbons (Fsp3) is 0.286. The maximum Gasteiger partial charge on any atom is 0.325 e. The Morgan fingerprint density at radius 2 is 1.69 bits per heavy atom. The Hall–Kier alpha value is -2.91. The van der Waals surface area contributed by atoms with Gasteiger partial charge in [0.1, 0.15) is 6.54 Å². The van der Waals surface area contributed by atoms with Crippen molar-refractivity contribution in [3.63, 3.8) is 0 Å². The number of hydrogen-bond donors (Lipinski definition) is 1. The van der Waals surface area contributed by atoms with Gasteiger partial charge in [0.05, 0.1) is 27.1 Å². The molecule has 35 heavy (non-hydrogen) atoms. The minimum Gasteiger partial charge on any atom is -0.468 e. The lowest BCUT2D eigenvalue weighted by Crippen LogP contribution is -2.33. The largest absolute Gasteiger partial charge is 0.468 e. The van der Waals surface area contributed by atoms with Gasteiger partial charge < -0.3 is 9.30 Å². The summed E-state index contributed by atoms with van der Waals surface area (Å²) in [4.78, 5) is 28.9. The molecule has 1 amide bonds. The van der Waals surface area contributed by atoms with E-state index in [0.717, 1.165) is 11.3 Å². The van der Waals surface area contributed by atoms with E-state index in [2.05, 4.69) is 4.99 Å². The first-order valence-electron chi connectivity index (χ1n) is 10.2. The third-order valence-corrected chi connectivity index (χ3v) is 9.20. The number of carbonyl (C=O) groups is 2. The molecule has 0 saturated heterocycles. The Kier molecular flexibility index (Phi) is 7.62. The number of methoxy groups -OCH3 is 1. The number of primary sulfonamides is 1. The quantitative estimate of drug-likeness (QED) is 0.442. The van der Waals surface area contributed by atoms with Crippen molar-refractivity contribution < 1.29 is 31.2 Å². The summed E-state index contributed by atoms with van der Waals surface area (Å²) < 4.78 is 56.5. The van der Waals surface area contributed by atoms with E-state index in [0.29, 0.717) is 10.2 Å². The van der Waals surface area contributed by atoms with Crippen molar-refractivity contribution in [2.45, 2.75) is 36.2 Å². The van der Waals surface area contributed by atoms with Gasteiger partial charge in [0.2, 0.25) is 20.0 Å². The minimum absolute atomic E-state index is 0.0309. The van der Waals surface area contributed by atoms with Crippen LogP contribution in [0.2, 0.25) is 0 Å². The maximum absolute atomic E-state index is 12.9. The van der Waals surface area contributed by atoms with Crippen LogP contribution < -0.4 is 9.94 Å². The molecule has 0 saturated carbocycles. The molecule has 188 valence electrons. The molecule has 0 aliphatic heterocycles. The van der Waals surface area contributed by atoms with E-state index in [4.69, 9.17) is 9.88 Å². The van der Waals surface area contributed by atoms with Crippen LogP contribution in [0.25, 0.3) is 10.2 Å². The predicted molar refractivity (Wildman–Crippen MR) is 130 cm³/mol. The molecule has 1 heterocycles. The van der Waals surface area contributed by atoms with Crippen molar-refractivity contribution in [1.82, 2.24) is 8.87 Å². The Morgan fingerprint density at radius 1 is 1.09 bits per heavy atom. The molecule has 0 aliphatic carbocycles. The first-order chi connectivity index (χ1) is 16.3. The fourth-order valence-corrected chi connectivity index (χ4v) is 6.08. The summed E-state index contributed by atoms with van der Waals surface area (Å²) in [5.74, 6) is -1.28. The van der Waals surface area contributed by atoms with E-state index in [1.807, 2.05) is 0 Å². The zero-order valence-corrected chi connectivity index (χ0v) is 21.8. The number of sulfonamides is 2. The number of ether oxygens (including phenoxy) is 1. The highest BCUT2D eigenvalue weighted by Crippen LogP contribution is 2.22. The lowest BCUT2D eigenvalue weighted by molar-refractivity contribution is -0.141. The molecule has 3 aromatic rings. The molecule has 0 spiro atoms. The second-order valence-electron chi connectivity index (χ2n) is 7.78. The van der Waals surface area contributed by atoms with Gasteiger partial charge in [0.15, 0.2) is 4.80 Å². The van der Waals surface area contributed by atoms with Crippen molar-refractivity contribution in [1.29, 1.82) is 0 Å². The summed E-state index contributed by atoms with van der Waals surface area (Å²) in [6.07, 6.45) is 0. The van der Waals surface area contributed by atoms with Gasteiger partial charge in [-0.3, -0.25) is 9.59 Å². The van der Waals surface area contributed by atoms with Gasteiger partial charge in [-0.05, 0) is 56.3 Å². The number of rotatable bonds is 7. The van der Waals surface area contributed by atoms with E-state index >= 15 is 0 Å². The monoisotopic (exact) mass is 540 g/mol. The van der Waals surface area contributed by atoms with Crippen LogP contribution in [0.1, 0.15) is 24.2 Å². The lowest BCUT2D eigenvalue weighted by Gasteiger charge is -2.20. The average molecular weight is 541 g/mol. The van der Waals surface area contributed by atoms with Crippen molar-refractivity contribution in [3.8, 4) is 0 Å². The van der Waals surface area contributed by atoms with E-state index in [1.54, 1.807) is 13.8 Å². The van der Waals surface area contributed by atoms with E-state index in [1.165, 1.54) is 65.5 Å². The molecule has 0 radical (unpaired) electrons. The van der Waals surface area contributed by atoms with Gasteiger partial charge in [-0.25, -0.2) is 22.0 Å². The summed E-state index contributed by atoms with van der Waals surface area (Å²) in [5.41, 5.74) is 0.584. The molecular formula is C21H24N4O7S3. The lowest BCUT2D eigenvalue weighted by atomic mass is 10.2. The van der Waals surface area contributed by atoms with Crippen LogP contribution in [-0.2, 0) is 36.1 Å². The van der Waals surface area contributed by atoms with Crippen LogP contribution >= 0.6 is 11.3 Å². The molecule has 0 aliphatic rings. The Labute approximate surface area is 206 Å². The molecule has 14 heteroatoms. The topological polar surface area (TPSA) is 158 Å². The van der Waals surface area contributed by atoms with Crippen molar-refractivity contribution in [2.24, 2.45) is 10.1 Å². The number of thiazole rings is 1. The van der Waals surface area contributed by atoms with Gasteiger partial charge in [-0.15, -0.1) is 0 Å². The van der Waals surface area contributed by atoms with E-state index in [9.17, 15) is 26.4 Å². The summed E-state index contributed by atoms with van der Waals surface area (Å²) in [6.45, 7) is 3.22. The number of hydrogen-bond acceptors (Lipinski definition) is 8. The van der Waals surface area contributed by atoms with Crippen LogP contribution in [0.4, 0.5) is 0 Å². The number of benzene rings is 2. The van der Waals surface area contributed by atoms with Crippen molar-refractivity contribution in [2.75, 3.05) is 14.2 Å². The predicted octanol–water partition coefficient (Wildman–Crippen LogP) is 1.29. The highest BCUT2D eigenvalue weighted by atomic mass is 32.2. The molecule has 11 nitrogen and oxygen atoms in total. The first-order valence-corrected chi connectivity index (χ1v) is 14.0. The number of aromatic nitrogens is 1. The SMILES string of the molecule is COC(=O)Cn1c(=NC(=O)c2ccc(S(=O)(=O)N(C)C(C)C)cc2)sc2cc(S(N)(=O)=O)ccc21. The van der Waals surface area contributed by atoms with Crippen molar-refractivity contribution >= 4 is 53.5 Å². The van der Waals surface area contributed by atoms with Crippen molar-refractivity contribution in [3.05, 3.63) is 52.8 Å². The third kappa shape index (κ3) is 5.67. The highest BCUT2D eigenvalue weighted by molar-refractivity contribution is 7.89. The summed E-state index contributed by atoms with van der Waals surface area (Å²) in [6, 6.07) is 9.18. The molecule has 2 N–H and O–H groups in total. The fourth-order valence-electron chi connectivity index (χ4n) is 3.03. The molecule has 1 aromatic heterocycles. The van der Waals surface area contributed by atoms with E-state index < -0.39 is 31.9 Å². The summed E-state index contributed by atoms with van der Waals surface area (Å²) in [7, 11) is -5.00. The number of carbonyl (C=O) groups excluding carboxylic acids is 2. The Bertz CT molecular complexity index is 1570. The van der Waals surface area contributed by atoms with E-state index in [-0.39, 0.29) is 32.7 Å². The summed E-state index contributed by atoms with van der Waals surface area (Å²) >= 11 is 0.989. The number of esters is 1. The molecular weight excluding hydrogens is 516 g/mol. The molecule has 0 unspecified atom stereocenters. The first kappa shape index (κ1) is 26.7. The highest BCUT2D eigenvalue weighted by Gasteiger charge is 2.23. The second-order valence-corrected chi connectivity index (χ2v) is 12.3. The normalized spacial score (nSPS) is 13.1. The number of nitrogens with two attached hydrogens (primary N) is 1. The zero-order chi connectivity index (χ0) is 26.1. The summed E-state index contributed by atoms with van der Waals surface area (Å²) in [5, 5.41) is 5.20. The van der Waals surface area contributed by atoms with Gasteiger partial charge in [-0.2, -0.15) is 9.30 Å². The molecule has 0 fully saturated rings. The van der Waals surface area contributed by atoms with Crippen LogP contribution in [0.5, 0.6) is 0 Å². The van der Waals surface area contributed by atoms with Gasteiger partial charge in [0.25, 0.3) is 5.91 Å². The van der Waals surface area contributed by atoms with Gasteiger partial charge >= 0.3 is 5.97 Å². The van der Waals surface area contributed by atoms with Gasteiger partial charge in [-0.1, -0.05) is 11.3 Å². The van der Waals surface area contributed by atoms with Crippen LogP contribution in [-0.4, -0.2) is 57.8 Å². The maximum atomic E-state index is 12.9. The third-order valence-electron chi connectivity index (χ3n) is 5.20. The van der Waals surface area contributed by atoms with Crippen LogP contribution in [0, 0.1) is 0 Å². The number of amides is 1. The second kappa shape index (κ2) is 9.99. The Morgan fingerprint density at radius 3 is 2.23 bits per heavy atom. The van der Waals surface area contributed by atoms with Crippen LogP contribution in [0.15, 0.2) is 57.2 Å². The standard InChI is InChI=1S/C21H24N4O7S3/c1-13(2)24(3)35(30,31)15-7-5-14(6-8-15)20(27)23-21-25(12-19(26)32-4)17-10-9-16(34(22,28)29)11-18(17)33-21/h5-11,13H,12H2,1-4H3,(H2,22,28,29). The minimum atomic E-state index is -3.96. The Balaban J connectivity index is 2.07. The molecule has 0 bridgehead atoms. The molecule has 2 aromatic carbocycles. The smallest absolute Gasteiger partial charge is 0.325 e. The van der Waals surface area contributed by atoms with Crippen LogP contribution in [0.3, 0.4) is 0 Å². The molecule has 3 rings (SSSR count). The number of fused-ring (bicyclic) bond motifs is 1. The van der Waals surface area contributed by atoms with Gasteiger partial charge in [0, 0.05) is 18.7 Å².